The predicted molar refractivity (Wildman–Crippen MR) is 102 cm³/mol. The highest BCUT2D eigenvalue weighted by atomic mass is 16.6. The molecule has 9 nitrogen and oxygen atoms in total. The van der Waals surface area contributed by atoms with Gasteiger partial charge >= 0.3 is 0 Å². The minimum absolute atomic E-state index is 0.00329. The summed E-state index contributed by atoms with van der Waals surface area (Å²) in [6, 6.07) is 12.0. The third kappa shape index (κ3) is 3.56. The Kier molecular flexibility index (Phi) is 5.36. The van der Waals surface area contributed by atoms with Gasteiger partial charge in [0.25, 0.3) is 11.4 Å². The van der Waals surface area contributed by atoms with Crippen molar-refractivity contribution in [1.29, 1.82) is 0 Å². The molecule has 0 saturated carbocycles. The maximum absolute atomic E-state index is 10.9. The Labute approximate surface area is 161 Å². The summed E-state index contributed by atoms with van der Waals surface area (Å²) >= 11 is 0. The highest BCUT2D eigenvalue weighted by molar-refractivity contribution is 5.90. The van der Waals surface area contributed by atoms with E-state index in [0.29, 0.717) is 5.71 Å². The van der Waals surface area contributed by atoms with Crippen LogP contribution >= 0.6 is 0 Å². The number of hydrogen-bond acceptors (Lipinski definition) is 7. The molecule has 1 aliphatic heterocycles. The van der Waals surface area contributed by atoms with Crippen LogP contribution in [0.1, 0.15) is 37.1 Å². The molecular formula is C19H20N4O5. The Bertz CT molecular complexity index is 839. The average Bonchev–Trinajstić information content (AvgIpc) is 2.69. The molecule has 0 bridgehead atoms. The van der Waals surface area contributed by atoms with Crippen molar-refractivity contribution in [3.05, 3.63) is 79.9 Å². The zero-order chi connectivity index (χ0) is 20.4. The molecule has 2 N–H and O–H groups in total. The van der Waals surface area contributed by atoms with Crippen LogP contribution in [0.25, 0.3) is 0 Å². The van der Waals surface area contributed by atoms with Gasteiger partial charge in [0.05, 0.1) is 15.6 Å². The van der Waals surface area contributed by atoms with Crippen molar-refractivity contribution in [2.24, 2.45) is 17.0 Å². The second-order valence-corrected chi connectivity index (χ2v) is 6.92. The predicted octanol–water partition coefficient (Wildman–Crippen LogP) is 3.99. The van der Waals surface area contributed by atoms with E-state index >= 15 is 0 Å². The van der Waals surface area contributed by atoms with Crippen LogP contribution in [0.4, 0.5) is 11.4 Å². The van der Waals surface area contributed by atoms with Gasteiger partial charge in [-0.15, -0.1) is 0 Å². The average molecular weight is 384 g/mol. The summed E-state index contributed by atoms with van der Waals surface area (Å²) in [5.41, 5.74) is 2.27. The summed E-state index contributed by atoms with van der Waals surface area (Å²) in [7, 11) is 0. The van der Waals surface area contributed by atoms with Crippen molar-refractivity contribution in [2.75, 3.05) is 0 Å². The number of benzene rings is 2. The summed E-state index contributed by atoms with van der Waals surface area (Å²) in [5, 5.41) is 38.4. The molecule has 0 amide bonds. The van der Waals surface area contributed by atoms with Crippen LogP contribution in [-0.4, -0.2) is 20.8 Å². The van der Waals surface area contributed by atoms with E-state index in [1.807, 2.05) is 13.8 Å². The molecule has 3 rings (SSSR count). The number of nitrogens with zero attached hydrogens (tertiary/aromatic N) is 3. The number of oxime groups is 1. The highest BCUT2D eigenvalue weighted by Crippen LogP contribution is 2.39. The molecule has 9 heteroatoms. The van der Waals surface area contributed by atoms with Gasteiger partial charge in [-0.2, -0.15) is 0 Å². The van der Waals surface area contributed by atoms with Crippen LogP contribution in [0.5, 0.6) is 0 Å². The summed E-state index contributed by atoms with van der Waals surface area (Å²) in [4.78, 5) is 20.9. The Hall–Kier alpha value is -3.33. The number of nitrogens with one attached hydrogen (secondary N) is 1. The van der Waals surface area contributed by atoms with Gasteiger partial charge in [0.1, 0.15) is 0 Å². The molecule has 0 unspecified atom stereocenters. The summed E-state index contributed by atoms with van der Waals surface area (Å²) in [6.45, 7) is 3.85. The van der Waals surface area contributed by atoms with Gasteiger partial charge in [-0.25, -0.2) is 0 Å². The van der Waals surface area contributed by atoms with Crippen molar-refractivity contribution < 1.29 is 15.1 Å². The molecule has 1 fully saturated rings. The molecule has 0 radical (unpaired) electrons. The maximum atomic E-state index is 10.9. The monoisotopic (exact) mass is 384 g/mol. The lowest BCUT2D eigenvalue weighted by atomic mass is 9.75. The topological polar surface area (TPSA) is 131 Å². The number of nitro benzene ring substituents is 2. The summed E-state index contributed by atoms with van der Waals surface area (Å²) in [6.07, 6.45) is 0. The smallest absolute Gasteiger partial charge is 0.269 e. The first-order chi connectivity index (χ1) is 13.3. The molecule has 1 saturated heterocycles. The van der Waals surface area contributed by atoms with Crippen molar-refractivity contribution in [3.8, 4) is 0 Å². The van der Waals surface area contributed by atoms with E-state index in [0.717, 1.165) is 11.1 Å². The lowest BCUT2D eigenvalue weighted by molar-refractivity contribution is -0.385. The lowest BCUT2D eigenvalue weighted by Crippen LogP contribution is -2.46. The van der Waals surface area contributed by atoms with Crippen molar-refractivity contribution >= 4 is 17.1 Å². The minimum atomic E-state index is -0.454. The first-order valence-electron chi connectivity index (χ1n) is 8.80. The van der Waals surface area contributed by atoms with Crippen LogP contribution in [-0.2, 0) is 0 Å². The lowest BCUT2D eigenvalue weighted by Gasteiger charge is -2.41. The van der Waals surface area contributed by atoms with E-state index in [1.54, 1.807) is 24.3 Å². The van der Waals surface area contributed by atoms with Gasteiger partial charge < -0.3 is 10.5 Å². The Morgan fingerprint density at radius 1 is 0.821 bits per heavy atom. The van der Waals surface area contributed by atoms with Gasteiger partial charge in [-0.3, -0.25) is 20.2 Å². The molecule has 28 heavy (non-hydrogen) atoms. The van der Waals surface area contributed by atoms with Crippen LogP contribution < -0.4 is 5.32 Å². The SMILES string of the molecule is C[C@@H]1C(=NO)[C@H](C)[C@@H](c2ccc([N+](=O)[O-])cc2)N[C@@H]1c1ccc([N+](=O)[O-])cc1. The Balaban J connectivity index is 1.95. The Morgan fingerprint density at radius 2 is 1.18 bits per heavy atom. The summed E-state index contributed by atoms with van der Waals surface area (Å²) in [5.74, 6) is -0.286. The van der Waals surface area contributed by atoms with Gasteiger partial charge in [0.15, 0.2) is 0 Å². The number of non-ortho nitro benzene ring substituents is 2. The zero-order valence-corrected chi connectivity index (χ0v) is 15.4. The molecule has 2 aromatic carbocycles. The molecular weight excluding hydrogens is 364 g/mol. The van der Waals surface area contributed by atoms with E-state index in [-0.39, 0.29) is 35.3 Å². The van der Waals surface area contributed by atoms with E-state index in [1.165, 1.54) is 24.3 Å². The summed E-state index contributed by atoms with van der Waals surface area (Å²) < 4.78 is 0. The van der Waals surface area contributed by atoms with Crippen molar-refractivity contribution in [2.45, 2.75) is 25.9 Å². The third-order valence-electron chi connectivity index (χ3n) is 5.33. The fraction of sp³-hybridized carbons (Fsp3) is 0.316. The first kappa shape index (κ1) is 19.4. The van der Waals surface area contributed by atoms with E-state index in [4.69, 9.17) is 0 Å². The maximum Gasteiger partial charge on any atom is 0.269 e. The van der Waals surface area contributed by atoms with E-state index < -0.39 is 9.85 Å². The zero-order valence-electron chi connectivity index (χ0n) is 15.4. The second-order valence-electron chi connectivity index (χ2n) is 6.92. The fourth-order valence-electron chi connectivity index (χ4n) is 3.80. The van der Waals surface area contributed by atoms with Gasteiger partial charge in [0, 0.05) is 48.2 Å². The van der Waals surface area contributed by atoms with Crippen LogP contribution in [0.3, 0.4) is 0 Å². The molecule has 146 valence electrons. The standard InChI is InChI=1S/C19H20N4O5/c1-11-17(21-24)12(2)19(14-5-9-16(10-6-14)23(27)28)20-18(11)13-3-7-15(8-4-13)22(25)26/h3-12,18-20,24H,1-2H3/t11-,12+,18-,19-/m0/s1. The highest BCUT2D eigenvalue weighted by Gasteiger charge is 2.39. The van der Waals surface area contributed by atoms with E-state index in [9.17, 15) is 25.4 Å². The largest absolute Gasteiger partial charge is 0.411 e. The number of nitro groups is 2. The Morgan fingerprint density at radius 3 is 1.46 bits per heavy atom. The van der Waals surface area contributed by atoms with Crippen LogP contribution in [0.2, 0.25) is 0 Å². The molecule has 2 aromatic rings. The fourth-order valence-corrected chi connectivity index (χ4v) is 3.80. The number of piperidine rings is 1. The molecule has 0 spiro atoms. The minimum Gasteiger partial charge on any atom is -0.411 e. The molecule has 4 atom stereocenters. The quantitative estimate of drug-likeness (QED) is 0.465. The van der Waals surface area contributed by atoms with Gasteiger partial charge in [0.2, 0.25) is 0 Å². The van der Waals surface area contributed by atoms with Gasteiger partial charge in [-0.1, -0.05) is 43.3 Å². The van der Waals surface area contributed by atoms with E-state index in [2.05, 4.69) is 10.5 Å². The first-order valence-corrected chi connectivity index (χ1v) is 8.80. The molecule has 0 aromatic heterocycles. The van der Waals surface area contributed by atoms with Crippen molar-refractivity contribution in [3.63, 3.8) is 0 Å². The van der Waals surface area contributed by atoms with Gasteiger partial charge in [-0.05, 0) is 11.1 Å². The molecule has 1 aliphatic rings. The van der Waals surface area contributed by atoms with Crippen molar-refractivity contribution in [1.82, 2.24) is 5.32 Å². The van der Waals surface area contributed by atoms with Crippen LogP contribution in [0.15, 0.2) is 53.7 Å². The second kappa shape index (κ2) is 7.73. The number of hydrogen-bond donors (Lipinski definition) is 2. The normalized spacial score (nSPS) is 26.1. The number of rotatable bonds is 4. The molecule has 1 heterocycles. The molecule has 0 aliphatic carbocycles. The third-order valence-corrected chi connectivity index (χ3v) is 5.33. The van der Waals surface area contributed by atoms with Crippen LogP contribution in [0, 0.1) is 32.1 Å².